The Hall–Kier alpha value is -2.98. The molecule has 0 bridgehead atoms. The van der Waals surface area contributed by atoms with Crippen LogP contribution in [0, 0.1) is 6.92 Å². The van der Waals surface area contributed by atoms with Gasteiger partial charge in [-0.15, -0.1) is 0 Å². The molecule has 0 aliphatic carbocycles. The van der Waals surface area contributed by atoms with Crippen LogP contribution >= 0.6 is 11.6 Å². The second kappa shape index (κ2) is 8.41. The maximum atomic E-state index is 13.5. The van der Waals surface area contributed by atoms with E-state index in [1.54, 1.807) is 14.2 Å². The number of ether oxygens (including phenoxy) is 2. The fraction of sp³-hybridized carbons (Fsp3) is 0.240. The molecule has 4 rings (SSSR count). The van der Waals surface area contributed by atoms with Gasteiger partial charge in [-0.05, 0) is 60.4 Å². The van der Waals surface area contributed by atoms with Crippen LogP contribution in [-0.2, 0) is 6.42 Å². The number of amides is 1. The van der Waals surface area contributed by atoms with Crippen LogP contribution < -0.4 is 9.47 Å². The fourth-order valence-electron chi connectivity index (χ4n) is 4.06. The van der Waals surface area contributed by atoms with Crippen LogP contribution in [0.1, 0.15) is 38.7 Å². The number of benzene rings is 3. The third kappa shape index (κ3) is 3.63. The Kier molecular flexibility index (Phi) is 5.69. The van der Waals surface area contributed by atoms with Crippen molar-refractivity contribution < 1.29 is 14.3 Å². The average molecular weight is 422 g/mol. The summed E-state index contributed by atoms with van der Waals surface area (Å²) in [5.41, 5.74) is 4.82. The number of hydrogen-bond donors (Lipinski definition) is 0. The van der Waals surface area contributed by atoms with Crippen molar-refractivity contribution in [1.82, 2.24) is 4.90 Å². The summed E-state index contributed by atoms with van der Waals surface area (Å²) < 4.78 is 11.0. The van der Waals surface area contributed by atoms with Gasteiger partial charge in [0.1, 0.15) is 0 Å². The number of fused-ring (bicyclic) bond motifs is 1. The van der Waals surface area contributed by atoms with Crippen LogP contribution in [0.5, 0.6) is 11.5 Å². The fourth-order valence-corrected chi connectivity index (χ4v) is 4.30. The molecule has 1 amide bonds. The molecule has 1 heterocycles. The molecule has 0 saturated carbocycles. The van der Waals surface area contributed by atoms with Crippen LogP contribution in [0.3, 0.4) is 0 Å². The Labute approximate surface area is 182 Å². The molecule has 30 heavy (non-hydrogen) atoms. The predicted octanol–water partition coefficient (Wildman–Crippen LogP) is 5.45. The Morgan fingerprint density at radius 1 is 0.967 bits per heavy atom. The molecule has 1 aliphatic heterocycles. The summed E-state index contributed by atoms with van der Waals surface area (Å²) in [6.45, 7) is 2.60. The van der Waals surface area contributed by atoms with Crippen LogP contribution in [0.25, 0.3) is 0 Å². The van der Waals surface area contributed by atoms with Gasteiger partial charge in [-0.25, -0.2) is 0 Å². The Morgan fingerprint density at radius 2 is 1.63 bits per heavy atom. The molecule has 0 spiro atoms. The maximum absolute atomic E-state index is 13.5. The van der Waals surface area contributed by atoms with Crippen LogP contribution in [0.15, 0.2) is 60.7 Å². The molecule has 0 aromatic heterocycles. The second-order valence-electron chi connectivity index (χ2n) is 7.44. The lowest BCUT2D eigenvalue weighted by atomic mass is 9.87. The zero-order valence-electron chi connectivity index (χ0n) is 17.3. The monoisotopic (exact) mass is 421 g/mol. The minimum absolute atomic E-state index is 0.0136. The summed E-state index contributed by atoms with van der Waals surface area (Å²) in [5, 5.41) is 0.631. The van der Waals surface area contributed by atoms with Crippen molar-refractivity contribution in [3.05, 3.63) is 93.5 Å². The lowest BCUT2D eigenvalue weighted by Gasteiger charge is -2.38. The van der Waals surface area contributed by atoms with Gasteiger partial charge in [0.2, 0.25) is 0 Å². The third-order valence-corrected chi connectivity index (χ3v) is 5.98. The van der Waals surface area contributed by atoms with Crippen LogP contribution in [0.4, 0.5) is 0 Å². The lowest BCUT2D eigenvalue weighted by molar-refractivity contribution is 0.0694. The number of rotatable bonds is 4. The summed E-state index contributed by atoms with van der Waals surface area (Å²) in [6, 6.07) is 19.0. The van der Waals surface area contributed by atoms with Crippen LogP contribution in [0.2, 0.25) is 5.02 Å². The Bertz CT molecular complexity index is 1080. The van der Waals surface area contributed by atoms with E-state index in [2.05, 4.69) is 0 Å². The summed E-state index contributed by atoms with van der Waals surface area (Å²) >= 11 is 6.60. The van der Waals surface area contributed by atoms with E-state index in [1.807, 2.05) is 72.5 Å². The first-order chi connectivity index (χ1) is 14.5. The molecule has 0 N–H and O–H groups in total. The number of methoxy groups -OCH3 is 2. The highest BCUT2D eigenvalue weighted by Crippen LogP contribution is 2.43. The number of carbonyl (C=O) groups excluding carboxylic acids is 1. The molecular formula is C25H24ClNO3. The topological polar surface area (TPSA) is 38.8 Å². The van der Waals surface area contributed by atoms with Gasteiger partial charge in [0, 0.05) is 17.1 Å². The van der Waals surface area contributed by atoms with Gasteiger partial charge in [0.15, 0.2) is 11.5 Å². The lowest BCUT2D eigenvalue weighted by Crippen LogP contribution is -2.40. The van der Waals surface area contributed by atoms with Gasteiger partial charge in [-0.1, -0.05) is 47.5 Å². The molecule has 0 saturated heterocycles. The Balaban J connectivity index is 1.86. The predicted molar refractivity (Wildman–Crippen MR) is 119 cm³/mol. The average Bonchev–Trinajstić information content (AvgIpc) is 2.78. The highest BCUT2D eigenvalue weighted by Gasteiger charge is 2.34. The number of nitrogens with zero attached hydrogens (tertiary/aromatic N) is 1. The maximum Gasteiger partial charge on any atom is 0.254 e. The summed E-state index contributed by atoms with van der Waals surface area (Å²) in [4.78, 5) is 15.4. The zero-order valence-corrected chi connectivity index (χ0v) is 18.1. The highest BCUT2D eigenvalue weighted by molar-refractivity contribution is 6.31. The summed E-state index contributed by atoms with van der Waals surface area (Å²) in [7, 11) is 3.25. The molecule has 1 aliphatic rings. The SMILES string of the molecule is COc1cc2c(cc1OC)[C@H](c1ccccc1Cl)N(C(=O)c1ccc(C)cc1)CC2. The van der Waals surface area contributed by atoms with E-state index in [0.29, 0.717) is 28.6 Å². The first-order valence-corrected chi connectivity index (χ1v) is 10.3. The Morgan fingerprint density at radius 3 is 2.30 bits per heavy atom. The van der Waals surface area contributed by atoms with E-state index in [0.717, 1.165) is 28.7 Å². The summed E-state index contributed by atoms with van der Waals surface area (Å²) in [6.07, 6.45) is 0.730. The number of hydrogen-bond acceptors (Lipinski definition) is 3. The van der Waals surface area contributed by atoms with Gasteiger partial charge < -0.3 is 14.4 Å². The van der Waals surface area contributed by atoms with Gasteiger partial charge in [-0.2, -0.15) is 0 Å². The number of halogens is 1. The minimum atomic E-state index is -0.309. The molecule has 0 radical (unpaired) electrons. The normalized spacial score (nSPS) is 15.5. The van der Waals surface area contributed by atoms with Crippen LogP contribution in [-0.4, -0.2) is 31.6 Å². The molecule has 4 nitrogen and oxygen atoms in total. The van der Waals surface area contributed by atoms with Gasteiger partial charge in [-0.3, -0.25) is 4.79 Å². The standard InChI is InChI=1S/C25H24ClNO3/c1-16-8-10-17(11-9-16)25(28)27-13-12-18-14-22(29-2)23(30-3)15-20(18)24(27)19-6-4-5-7-21(19)26/h4-11,14-15,24H,12-13H2,1-3H3/t24-/m0/s1. The third-order valence-electron chi connectivity index (χ3n) is 5.63. The molecule has 0 unspecified atom stereocenters. The van der Waals surface area contributed by atoms with Gasteiger partial charge in [0.05, 0.1) is 20.3 Å². The van der Waals surface area contributed by atoms with Crippen molar-refractivity contribution in [2.45, 2.75) is 19.4 Å². The molecular weight excluding hydrogens is 398 g/mol. The zero-order chi connectivity index (χ0) is 21.3. The van der Waals surface area contributed by atoms with E-state index in [-0.39, 0.29) is 11.9 Å². The minimum Gasteiger partial charge on any atom is -0.493 e. The van der Waals surface area contributed by atoms with E-state index in [4.69, 9.17) is 21.1 Å². The molecule has 3 aromatic carbocycles. The van der Waals surface area contributed by atoms with Gasteiger partial charge >= 0.3 is 0 Å². The van der Waals surface area contributed by atoms with E-state index in [9.17, 15) is 4.79 Å². The molecule has 0 fully saturated rings. The van der Waals surface area contributed by atoms with Crippen molar-refractivity contribution in [2.75, 3.05) is 20.8 Å². The smallest absolute Gasteiger partial charge is 0.254 e. The first kappa shape index (κ1) is 20.3. The molecule has 3 aromatic rings. The van der Waals surface area contributed by atoms with E-state index < -0.39 is 0 Å². The quantitative estimate of drug-likeness (QED) is 0.562. The van der Waals surface area contributed by atoms with E-state index in [1.165, 1.54) is 0 Å². The second-order valence-corrected chi connectivity index (χ2v) is 7.85. The van der Waals surface area contributed by atoms with Crippen molar-refractivity contribution in [3.8, 4) is 11.5 Å². The first-order valence-electron chi connectivity index (χ1n) is 9.90. The highest BCUT2D eigenvalue weighted by atomic mass is 35.5. The number of carbonyl (C=O) groups is 1. The number of aryl methyl sites for hydroxylation is 1. The van der Waals surface area contributed by atoms with E-state index >= 15 is 0 Å². The van der Waals surface area contributed by atoms with Gasteiger partial charge in [0.25, 0.3) is 5.91 Å². The van der Waals surface area contributed by atoms with Crippen molar-refractivity contribution in [3.63, 3.8) is 0 Å². The largest absolute Gasteiger partial charge is 0.493 e. The van der Waals surface area contributed by atoms with Crippen molar-refractivity contribution >= 4 is 17.5 Å². The molecule has 5 heteroatoms. The summed E-state index contributed by atoms with van der Waals surface area (Å²) in [5.74, 6) is 1.31. The molecule has 154 valence electrons. The molecule has 1 atom stereocenters. The van der Waals surface area contributed by atoms with Crippen molar-refractivity contribution in [1.29, 1.82) is 0 Å². The van der Waals surface area contributed by atoms with Crippen molar-refractivity contribution in [2.24, 2.45) is 0 Å².